The molecule has 8 heteroatoms. The lowest BCUT2D eigenvalue weighted by Crippen LogP contribution is -2.04. The van der Waals surface area contributed by atoms with Crippen LogP contribution < -0.4 is 0 Å². The average molecular weight is 1250 g/mol. The van der Waals surface area contributed by atoms with Crippen LogP contribution in [0, 0.1) is 0 Å². The number of aromatic nitrogens is 5. The molecule has 0 unspecified atom stereocenters. The highest BCUT2D eigenvalue weighted by atomic mass is 32.1. The zero-order valence-corrected chi connectivity index (χ0v) is 52.7. The number of thiophene rings is 3. The largest absolute Gasteiger partial charge is 0.309 e. The smallest absolute Gasteiger partial charge is 0.235 e. The SMILES string of the molecule is c1ccc2c(c1)sc1ccc(-c3ccc4c5ccccc5n(-c5ccc(-c6nc(-n7c8ccccc8c8ccc(-c9ccc%10sc%11ccccc%11c%10c9)cc87)nc7ccc(-n8c9ccccc9c9ccc(-c%10ccc%11sc%12ccccc%12c%11c%10)cc98)cc67)cc5)c4c3)cc12. The Balaban J connectivity index is 0.762. The molecule has 0 aliphatic carbocycles. The first-order valence-electron chi connectivity index (χ1n) is 31.8. The van der Waals surface area contributed by atoms with E-state index in [1.165, 1.54) is 110 Å². The molecule has 21 aromatic rings. The molecule has 0 saturated carbocycles. The van der Waals surface area contributed by atoms with Gasteiger partial charge in [0.2, 0.25) is 5.95 Å². The van der Waals surface area contributed by atoms with Crippen LogP contribution in [0.3, 0.4) is 0 Å². The van der Waals surface area contributed by atoms with Crippen molar-refractivity contribution in [1.29, 1.82) is 0 Å². The van der Waals surface area contributed by atoms with Crippen molar-refractivity contribution in [2.75, 3.05) is 0 Å². The van der Waals surface area contributed by atoms with Crippen molar-refractivity contribution in [3.63, 3.8) is 0 Å². The summed E-state index contributed by atoms with van der Waals surface area (Å²) in [5.74, 6) is 0.613. The fourth-order valence-electron chi connectivity index (χ4n) is 15.3. The molecule has 0 aliphatic heterocycles. The molecule has 436 valence electrons. The van der Waals surface area contributed by atoms with Crippen molar-refractivity contribution in [2.24, 2.45) is 0 Å². The first-order chi connectivity index (χ1) is 46.5. The minimum atomic E-state index is 0.613. The Kier molecular flexibility index (Phi) is 11.1. The average Bonchev–Trinajstić information content (AvgIpc) is 1.53. The summed E-state index contributed by atoms with van der Waals surface area (Å²) >= 11 is 5.56. The van der Waals surface area contributed by atoms with Crippen LogP contribution in [-0.2, 0) is 0 Å². The number of benzene rings is 14. The van der Waals surface area contributed by atoms with Gasteiger partial charge in [0.1, 0.15) is 0 Å². The molecule has 0 N–H and O–H groups in total. The quantitative estimate of drug-likeness (QED) is 0.160. The van der Waals surface area contributed by atoms with Gasteiger partial charge in [-0.05, 0) is 155 Å². The summed E-state index contributed by atoms with van der Waals surface area (Å²) in [6.45, 7) is 0. The van der Waals surface area contributed by atoms with E-state index >= 15 is 0 Å². The Hall–Kier alpha value is -11.5. The molecule has 0 radical (unpaired) electrons. The van der Waals surface area contributed by atoms with Crippen molar-refractivity contribution in [2.45, 2.75) is 0 Å². The molecule has 0 bridgehead atoms. The topological polar surface area (TPSA) is 40.6 Å². The van der Waals surface area contributed by atoms with Crippen molar-refractivity contribution >= 4 is 171 Å². The van der Waals surface area contributed by atoms with Gasteiger partial charge in [-0.1, -0.05) is 176 Å². The molecule has 94 heavy (non-hydrogen) atoms. The zero-order chi connectivity index (χ0) is 61.3. The Morgan fingerprint density at radius 1 is 0.202 bits per heavy atom. The molecule has 0 saturated heterocycles. The lowest BCUT2D eigenvalue weighted by atomic mass is 10.0. The van der Waals surface area contributed by atoms with E-state index in [-0.39, 0.29) is 0 Å². The van der Waals surface area contributed by atoms with Crippen LogP contribution in [0.2, 0.25) is 0 Å². The standard InChI is InChI=1S/C86H49N5S3/c1-7-19-73-59(13-1)62-36-27-54(51-30-40-82-68(43-51)65-16-4-10-22-79(65)92-82)46-76(62)89(73)57-33-25-50(26-34-57)85-71-49-58(90-74-20-8-2-14-60(74)63-37-28-55(47-77(63)90)52-31-41-83-69(44-52)66-17-5-11-23-80(66)93-83)35-39-72(71)87-86(88-85)91-75-21-9-3-15-61(75)64-38-29-56(48-78(64)91)53-32-42-84-70(45-53)67-18-6-12-24-81(67)94-84/h1-49H. The van der Waals surface area contributed by atoms with Crippen molar-refractivity contribution in [3.05, 3.63) is 297 Å². The fraction of sp³-hybridized carbons (Fsp3) is 0. The molecule has 0 fully saturated rings. The van der Waals surface area contributed by atoms with Gasteiger partial charge in [-0.15, -0.1) is 34.0 Å². The molecule has 14 aromatic carbocycles. The summed E-state index contributed by atoms with van der Waals surface area (Å²) in [5.41, 5.74) is 18.6. The Morgan fingerprint density at radius 2 is 0.532 bits per heavy atom. The highest BCUT2D eigenvalue weighted by Crippen LogP contribution is 2.45. The number of hydrogen-bond acceptors (Lipinski definition) is 5. The number of rotatable bonds is 7. The number of para-hydroxylation sites is 3. The van der Waals surface area contributed by atoms with Gasteiger partial charge in [-0.3, -0.25) is 4.57 Å². The van der Waals surface area contributed by atoms with Gasteiger partial charge in [-0.25, -0.2) is 9.97 Å². The minimum absolute atomic E-state index is 0.613. The predicted octanol–water partition coefficient (Wildman–Crippen LogP) is 24.7. The van der Waals surface area contributed by atoms with E-state index in [1.807, 2.05) is 34.0 Å². The second kappa shape index (κ2) is 20.0. The van der Waals surface area contributed by atoms with E-state index in [9.17, 15) is 0 Å². The van der Waals surface area contributed by atoms with Gasteiger partial charge in [-0.2, -0.15) is 0 Å². The molecule has 7 heterocycles. The highest BCUT2D eigenvalue weighted by Gasteiger charge is 2.23. The van der Waals surface area contributed by atoms with E-state index in [0.717, 1.165) is 83.0 Å². The Labute approximate surface area is 549 Å². The second-order valence-corrected chi connectivity index (χ2v) is 28.1. The summed E-state index contributed by atoms with van der Waals surface area (Å²) in [4.78, 5) is 11.5. The molecular formula is C86H49N5S3. The van der Waals surface area contributed by atoms with Gasteiger partial charge in [0.15, 0.2) is 0 Å². The molecular weight excluding hydrogens is 1200 g/mol. The van der Waals surface area contributed by atoms with E-state index < -0.39 is 0 Å². The van der Waals surface area contributed by atoms with Crippen molar-refractivity contribution < 1.29 is 0 Å². The first-order valence-corrected chi connectivity index (χ1v) is 34.3. The van der Waals surface area contributed by atoms with Crippen LogP contribution in [0.4, 0.5) is 0 Å². The van der Waals surface area contributed by atoms with Gasteiger partial charge in [0.05, 0.1) is 44.3 Å². The maximum Gasteiger partial charge on any atom is 0.235 e. The molecule has 0 atom stereocenters. The van der Waals surface area contributed by atoms with E-state index in [2.05, 4.69) is 311 Å². The van der Waals surface area contributed by atoms with E-state index in [1.54, 1.807) is 0 Å². The van der Waals surface area contributed by atoms with E-state index in [0.29, 0.717) is 5.95 Å². The monoisotopic (exact) mass is 1250 g/mol. The van der Waals surface area contributed by atoms with Crippen molar-refractivity contribution in [3.8, 4) is 62.0 Å². The highest BCUT2D eigenvalue weighted by molar-refractivity contribution is 7.26. The van der Waals surface area contributed by atoms with Crippen molar-refractivity contribution in [1.82, 2.24) is 23.7 Å². The summed E-state index contributed by atoms with van der Waals surface area (Å²) in [6.07, 6.45) is 0. The summed E-state index contributed by atoms with van der Waals surface area (Å²) in [5, 5.41) is 15.9. The van der Waals surface area contributed by atoms with E-state index in [4.69, 9.17) is 9.97 Å². The molecule has 0 aliphatic rings. The Bertz CT molecular complexity index is 6810. The minimum Gasteiger partial charge on any atom is -0.309 e. The van der Waals surface area contributed by atoms with Crippen LogP contribution >= 0.6 is 34.0 Å². The third-order valence-corrected chi connectivity index (χ3v) is 23.1. The zero-order valence-electron chi connectivity index (χ0n) is 50.3. The second-order valence-electron chi connectivity index (χ2n) is 24.8. The summed E-state index contributed by atoms with van der Waals surface area (Å²) in [6, 6.07) is 110. The van der Waals surface area contributed by atoms with Crippen LogP contribution in [-0.4, -0.2) is 23.7 Å². The number of fused-ring (bicyclic) bond motifs is 19. The molecule has 0 spiro atoms. The molecule has 5 nitrogen and oxygen atoms in total. The maximum atomic E-state index is 5.84. The first kappa shape index (κ1) is 52.1. The molecule has 0 amide bonds. The van der Waals surface area contributed by atoms with Gasteiger partial charge >= 0.3 is 0 Å². The lowest BCUT2D eigenvalue weighted by Gasteiger charge is -2.15. The maximum absolute atomic E-state index is 5.84. The van der Waals surface area contributed by atoms with Gasteiger partial charge in [0, 0.05) is 115 Å². The van der Waals surface area contributed by atoms with Crippen LogP contribution in [0.15, 0.2) is 297 Å². The summed E-state index contributed by atoms with van der Waals surface area (Å²) in [7, 11) is 0. The molecule has 7 aromatic heterocycles. The summed E-state index contributed by atoms with van der Waals surface area (Å²) < 4.78 is 15.0. The van der Waals surface area contributed by atoms with Gasteiger partial charge < -0.3 is 9.13 Å². The molecule has 21 rings (SSSR count). The Morgan fingerprint density at radius 3 is 0.989 bits per heavy atom. The normalized spacial score (nSPS) is 12.3. The predicted molar refractivity (Wildman–Crippen MR) is 403 cm³/mol. The van der Waals surface area contributed by atoms with Gasteiger partial charge in [0.25, 0.3) is 0 Å². The number of nitrogens with zero attached hydrogens (tertiary/aromatic N) is 5. The third kappa shape index (κ3) is 7.79. The van der Waals surface area contributed by atoms with Crippen LogP contribution in [0.1, 0.15) is 0 Å². The lowest BCUT2D eigenvalue weighted by molar-refractivity contribution is 1.01. The van der Waals surface area contributed by atoms with Crippen LogP contribution in [0.25, 0.3) is 199 Å². The van der Waals surface area contributed by atoms with Crippen LogP contribution in [0.5, 0.6) is 0 Å². The third-order valence-electron chi connectivity index (χ3n) is 19.7. The fourth-order valence-corrected chi connectivity index (χ4v) is 18.5. The number of hydrogen-bond donors (Lipinski definition) is 0.